The lowest BCUT2D eigenvalue weighted by Gasteiger charge is -2.34. The maximum absolute atomic E-state index is 12.4. The zero-order chi connectivity index (χ0) is 13.8. The minimum atomic E-state index is -0.763. The fourth-order valence-electron chi connectivity index (χ4n) is 2.95. The van der Waals surface area contributed by atoms with Crippen LogP contribution in [0.4, 0.5) is 4.79 Å². The molecule has 1 aliphatic heterocycles. The lowest BCUT2D eigenvalue weighted by atomic mass is 9.85. The Bertz CT molecular complexity index is 342. The van der Waals surface area contributed by atoms with Gasteiger partial charge in [-0.25, -0.2) is 4.79 Å². The maximum Gasteiger partial charge on any atom is 0.320 e. The first kappa shape index (κ1) is 14.2. The molecule has 5 nitrogen and oxygen atoms in total. The highest BCUT2D eigenvalue weighted by atomic mass is 16.4. The van der Waals surface area contributed by atoms with Gasteiger partial charge < -0.3 is 14.9 Å². The SMILES string of the molecule is CCN(CC1CCC1)C(=O)N1CCC(CC(=O)O)C1. The summed E-state index contributed by atoms with van der Waals surface area (Å²) < 4.78 is 0. The Labute approximate surface area is 114 Å². The van der Waals surface area contributed by atoms with Gasteiger partial charge in [0.05, 0.1) is 0 Å². The van der Waals surface area contributed by atoms with Gasteiger partial charge in [0.1, 0.15) is 0 Å². The van der Waals surface area contributed by atoms with Gasteiger partial charge in [-0.3, -0.25) is 4.79 Å². The van der Waals surface area contributed by atoms with Crippen LogP contribution in [0.1, 0.15) is 39.0 Å². The lowest BCUT2D eigenvalue weighted by Crippen LogP contribution is -2.45. The minimum Gasteiger partial charge on any atom is -0.481 e. The highest BCUT2D eigenvalue weighted by Gasteiger charge is 2.31. The van der Waals surface area contributed by atoms with Crippen molar-refractivity contribution in [1.29, 1.82) is 0 Å². The lowest BCUT2D eigenvalue weighted by molar-refractivity contribution is -0.138. The van der Waals surface area contributed by atoms with Crippen LogP contribution >= 0.6 is 0 Å². The molecule has 2 amide bonds. The van der Waals surface area contributed by atoms with Crippen LogP contribution in [0.25, 0.3) is 0 Å². The summed E-state index contributed by atoms with van der Waals surface area (Å²) in [6.45, 7) is 4.94. The number of aliphatic carboxylic acids is 1. The number of nitrogens with zero attached hydrogens (tertiary/aromatic N) is 2. The number of rotatable bonds is 5. The average molecular weight is 268 g/mol. The van der Waals surface area contributed by atoms with E-state index >= 15 is 0 Å². The Kier molecular flexibility index (Phi) is 4.66. The third-order valence-corrected chi connectivity index (χ3v) is 4.38. The van der Waals surface area contributed by atoms with Gasteiger partial charge in [-0.2, -0.15) is 0 Å². The molecule has 0 aromatic rings. The van der Waals surface area contributed by atoms with Gasteiger partial charge in [0, 0.05) is 32.6 Å². The molecule has 0 spiro atoms. The molecule has 0 aromatic carbocycles. The Morgan fingerprint density at radius 1 is 1.26 bits per heavy atom. The first-order valence-corrected chi connectivity index (χ1v) is 7.35. The van der Waals surface area contributed by atoms with Crippen LogP contribution in [0.3, 0.4) is 0 Å². The molecule has 0 bridgehead atoms. The largest absolute Gasteiger partial charge is 0.481 e. The number of urea groups is 1. The second-order valence-corrected chi connectivity index (χ2v) is 5.82. The predicted octanol–water partition coefficient (Wildman–Crippen LogP) is 2.03. The Morgan fingerprint density at radius 3 is 2.53 bits per heavy atom. The van der Waals surface area contributed by atoms with E-state index in [2.05, 4.69) is 0 Å². The molecule has 1 N–H and O–H groups in total. The van der Waals surface area contributed by atoms with E-state index < -0.39 is 5.97 Å². The van der Waals surface area contributed by atoms with E-state index in [1.807, 2.05) is 16.7 Å². The molecule has 1 heterocycles. The first-order chi connectivity index (χ1) is 9.10. The molecule has 1 saturated carbocycles. The molecular formula is C14H24N2O3. The molecule has 19 heavy (non-hydrogen) atoms. The third kappa shape index (κ3) is 3.61. The summed E-state index contributed by atoms with van der Waals surface area (Å²) in [5, 5.41) is 8.80. The molecular weight excluding hydrogens is 244 g/mol. The van der Waals surface area contributed by atoms with Crippen LogP contribution in [0.5, 0.6) is 0 Å². The number of hydrogen-bond acceptors (Lipinski definition) is 2. The summed E-state index contributed by atoms with van der Waals surface area (Å²) in [6, 6.07) is 0.0993. The van der Waals surface area contributed by atoms with E-state index in [4.69, 9.17) is 5.11 Å². The van der Waals surface area contributed by atoms with Crippen molar-refractivity contribution in [1.82, 2.24) is 9.80 Å². The van der Waals surface area contributed by atoms with Crippen molar-refractivity contribution in [2.24, 2.45) is 11.8 Å². The topological polar surface area (TPSA) is 60.9 Å². The average Bonchev–Trinajstić information content (AvgIpc) is 2.74. The van der Waals surface area contributed by atoms with Crippen LogP contribution in [-0.2, 0) is 4.79 Å². The number of carboxylic acids is 1. The molecule has 5 heteroatoms. The van der Waals surface area contributed by atoms with Gasteiger partial charge in [0.2, 0.25) is 0 Å². The van der Waals surface area contributed by atoms with E-state index in [-0.39, 0.29) is 18.4 Å². The van der Waals surface area contributed by atoms with Crippen molar-refractivity contribution >= 4 is 12.0 Å². The van der Waals surface area contributed by atoms with E-state index in [0.717, 1.165) is 19.5 Å². The highest BCUT2D eigenvalue weighted by molar-refractivity contribution is 5.75. The summed E-state index contributed by atoms with van der Waals surface area (Å²) in [7, 11) is 0. The van der Waals surface area contributed by atoms with Gasteiger partial charge in [0.25, 0.3) is 0 Å². The number of likely N-dealkylation sites (tertiary alicyclic amines) is 1. The fraction of sp³-hybridized carbons (Fsp3) is 0.857. The van der Waals surface area contributed by atoms with Gasteiger partial charge in [0.15, 0.2) is 0 Å². The molecule has 108 valence electrons. The summed E-state index contributed by atoms with van der Waals surface area (Å²) in [5.41, 5.74) is 0. The van der Waals surface area contributed by atoms with Crippen LogP contribution in [0, 0.1) is 11.8 Å². The maximum atomic E-state index is 12.4. The highest BCUT2D eigenvalue weighted by Crippen LogP contribution is 2.28. The van der Waals surface area contributed by atoms with E-state index in [0.29, 0.717) is 19.0 Å². The molecule has 1 saturated heterocycles. The summed E-state index contributed by atoms with van der Waals surface area (Å²) in [4.78, 5) is 26.8. The van der Waals surface area contributed by atoms with Gasteiger partial charge in [-0.1, -0.05) is 6.42 Å². The summed E-state index contributed by atoms with van der Waals surface area (Å²) in [5.74, 6) is 0.0475. The molecule has 2 aliphatic rings. The summed E-state index contributed by atoms with van der Waals surface area (Å²) in [6.07, 6.45) is 4.77. The van der Waals surface area contributed by atoms with E-state index in [1.54, 1.807) is 0 Å². The van der Waals surface area contributed by atoms with Crippen LogP contribution in [0.2, 0.25) is 0 Å². The smallest absolute Gasteiger partial charge is 0.320 e. The quantitative estimate of drug-likeness (QED) is 0.830. The van der Waals surface area contributed by atoms with Crippen molar-refractivity contribution < 1.29 is 14.7 Å². The molecule has 2 fully saturated rings. The second-order valence-electron chi connectivity index (χ2n) is 5.82. The molecule has 1 atom stereocenters. The number of amides is 2. The normalized spacial score (nSPS) is 23.2. The van der Waals surface area contributed by atoms with Gasteiger partial charge in [-0.05, 0) is 38.0 Å². The molecule has 2 rings (SSSR count). The van der Waals surface area contributed by atoms with Crippen molar-refractivity contribution in [3.63, 3.8) is 0 Å². The molecule has 0 radical (unpaired) electrons. The fourth-order valence-corrected chi connectivity index (χ4v) is 2.95. The van der Waals surface area contributed by atoms with E-state index in [1.165, 1.54) is 19.3 Å². The zero-order valence-corrected chi connectivity index (χ0v) is 11.7. The Morgan fingerprint density at radius 2 is 2.00 bits per heavy atom. The zero-order valence-electron chi connectivity index (χ0n) is 11.7. The third-order valence-electron chi connectivity index (χ3n) is 4.38. The predicted molar refractivity (Wildman–Crippen MR) is 71.9 cm³/mol. The van der Waals surface area contributed by atoms with Crippen molar-refractivity contribution in [3.8, 4) is 0 Å². The monoisotopic (exact) mass is 268 g/mol. The molecule has 0 aromatic heterocycles. The van der Waals surface area contributed by atoms with Gasteiger partial charge >= 0.3 is 12.0 Å². The summed E-state index contributed by atoms with van der Waals surface area (Å²) >= 11 is 0. The molecule has 1 unspecified atom stereocenters. The van der Waals surface area contributed by atoms with Crippen LogP contribution in [-0.4, -0.2) is 53.1 Å². The first-order valence-electron chi connectivity index (χ1n) is 7.35. The minimum absolute atomic E-state index is 0.0993. The standard InChI is InChI=1S/C14H24N2O3/c1-2-15(9-11-4-3-5-11)14(19)16-7-6-12(10-16)8-13(17)18/h11-12H,2-10H2,1H3,(H,17,18). The number of carboxylic acid groups (broad SMARTS) is 1. The number of carbonyl (C=O) groups is 2. The van der Waals surface area contributed by atoms with Crippen LogP contribution in [0.15, 0.2) is 0 Å². The number of carbonyl (C=O) groups excluding carboxylic acids is 1. The Balaban J connectivity index is 1.82. The number of hydrogen-bond donors (Lipinski definition) is 1. The molecule has 1 aliphatic carbocycles. The van der Waals surface area contributed by atoms with Crippen molar-refractivity contribution in [2.75, 3.05) is 26.2 Å². The van der Waals surface area contributed by atoms with E-state index in [9.17, 15) is 9.59 Å². The van der Waals surface area contributed by atoms with Crippen molar-refractivity contribution in [3.05, 3.63) is 0 Å². The van der Waals surface area contributed by atoms with Gasteiger partial charge in [-0.15, -0.1) is 0 Å². The van der Waals surface area contributed by atoms with Crippen molar-refractivity contribution in [2.45, 2.75) is 39.0 Å². The van der Waals surface area contributed by atoms with Crippen LogP contribution < -0.4 is 0 Å². The second kappa shape index (κ2) is 6.26. The Hall–Kier alpha value is -1.26.